The molecule has 0 atom stereocenters. The molecule has 3 N–H and O–H groups in total. The molecule has 5 heteroatoms. The van der Waals surface area contributed by atoms with E-state index in [4.69, 9.17) is 15.2 Å². The highest BCUT2D eigenvalue weighted by Gasteiger charge is 2.09. The van der Waals surface area contributed by atoms with Crippen LogP contribution in [0.3, 0.4) is 0 Å². The number of nitrogens with two attached hydrogens (primary N) is 1. The smallest absolute Gasteiger partial charge is 0.142 e. The summed E-state index contributed by atoms with van der Waals surface area (Å²) in [5.74, 6) is 1.45. The van der Waals surface area contributed by atoms with E-state index in [1.807, 2.05) is 54.6 Å². The van der Waals surface area contributed by atoms with E-state index >= 15 is 0 Å². The van der Waals surface area contributed by atoms with Crippen molar-refractivity contribution in [1.29, 1.82) is 0 Å². The normalized spacial score (nSPS) is 10.4. The van der Waals surface area contributed by atoms with Crippen molar-refractivity contribution in [2.75, 3.05) is 12.8 Å². The van der Waals surface area contributed by atoms with Crippen LogP contribution in [0.25, 0.3) is 11.3 Å². The second-order valence-electron chi connectivity index (χ2n) is 4.81. The largest absolute Gasteiger partial charge is 0.496 e. The van der Waals surface area contributed by atoms with Crippen molar-refractivity contribution in [3.8, 4) is 22.8 Å². The molecular weight excluding hydrogens is 278 g/mol. The quantitative estimate of drug-likeness (QED) is 0.709. The van der Waals surface area contributed by atoms with Crippen molar-refractivity contribution >= 4 is 5.69 Å². The number of hydrogen-bond donors (Lipinski definition) is 2. The summed E-state index contributed by atoms with van der Waals surface area (Å²) in [6.07, 6.45) is 0. The lowest BCUT2D eigenvalue weighted by molar-refractivity contribution is 0.303. The number of rotatable bonds is 5. The van der Waals surface area contributed by atoms with Crippen LogP contribution >= 0.6 is 0 Å². The molecule has 0 amide bonds. The third-order valence-electron chi connectivity index (χ3n) is 3.32. The van der Waals surface area contributed by atoms with Gasteiger partial charge in [-0.25, -0.2) is 0 Å². The first-order valence-electron chi connectivity index (χ1n) is 6.93. The molecule has 2 aromatic carbocycles. The van der Waals surface area contributed by atoms with Crippen LogP contribution in [-0.4, -0.2) is 17.3 Å². The fraction of sp³-hybridized carbons (Fsp3) is 0.118. The summed E-state index contributed by atoms with van der Waals surface area (Å²) in [6.45, 7) is 0.371. The van der Waals surface area contributed by atoms with Gasteiger partial charge in [0, 0.05) is 5.56 Å². The Morgan fingerprint density at radius 2 is 1.77 bits per heavy atom. The van der Waals surface area contributed by atoms with Gasteiger partial charge in [0.2, 0.25) is 0 Å². The molecule has 112 valence electrons. The zero-order valence-corrected chi connectivity index (χ0v) is 12.2. The number of anilines is 1. The predicted molar refractivity (Wildman–Crippen MR) is 85.8 cm³/mol. The fourth-order valence-corrected chi connectivity index (χ4v) is 2.20. The molecule has 1 aromatic heterocycles. The number of ether oxygens (including phenoxy) is 2. The minimum absolute atomic E-state index is 0.371. The number of benzene rings is 2. The predicted octanol–water partition coefficient (Wildman–Crippen LogP) is 3.25. The third kappa shape index (κ3) is 2.88. The van der Waals surface area contributed by atoms with E-state index < -0.39 is 0 Å². The number of nitrogens with one attached hydrogen (secondary N) is 1. The second-order valence-corrected chi connectivity index (χ2v) is 4.81. The number of hydrogen-bond acceptors (Lipinski definition) is 4. The number of para-hydroxylation sites is 3. The molecule has 3 aromatic rings. The third-order valence-corrected chi connectivity index (χ3v) is 3.32. The van der Waals surface area contributed by atoms with Crippen LogP contribution in [0.1, 0.15) is 5.69 Å². The van der Waals surface area contributed by atoms with Crippen LogP contribution in [-0.2, 0) is 6.61 Å². The number of aromatic amines is 1. The van der Waals surface area contributed by atoms with Gasteiger partial charge in [-0.3, -0.25) is 5.10 Å². The maximum absolute atomic E-state index is 5.85. The molecule has 0 bridgehead atoms. The standard InChI is InChI=1S/C17H17N3O2/c1-21-16-8-4-2-6-13(16)15-10-12(19-20-15)11-22-17-9-5-3-7-14(17)18/h2-10H,11,18H2,1H3,(H,19,20). The van der Waals surface area contributed by atoms with Gasteiger partial charge in [-0.15, -0.1) is 0 Å². The summed E-state index contributed by atoms with van der Waals surface area (Å²) in [7, 11) is 1.65. The Balaban J connectivity index is 1.75. The van der Waals surface area contributed by atoms with Crippen LogP contribution in [0.15, 0.2) is 54.6 Å². The van der Waals surface area contributed by atoms with Gasteiger partial charge in [0.05, 0.1) is 24.2 Å². The average Bonchev–Trinajstić information content (AvgIpc) is 3.03. The summed E-state index contributed by atoms with van der Waals surface area (Å²) in [4.78, 5) is 0. The summed E-state index contributed by atoms with van der Waals surface area (Å²) < 4.78 is 11.1. The van der Waals surface area contributed by atoms with Gasteiger partial charge in [-0.2, -0.15) is 5.10 Å². The van der Waals surface area contributed by atoms with E-state index in [0.29, 0.717) is 18.0 Å². The Morgan fingerprint density at radius 1 is 1.05 bits per heavy atom. The lowest BCUT2D eigenvalue weighted by Crippen LogP contribution is -1.98. The maximum Gasteiger partial charge on any atom is 0.142 e. The summed E-state index contributed by atoms with van der Waals surface area (Å²) in [5.41, 5.74) is 9.09. The first-order valence-corrected chi connectivity index (χ1v) is 6.93. The van der Waals surface area contributed by atoms with Gasteiger partial charge in [-0.1, -0.05) is 24.3 Å². The molecule has 0 fully saturated rings. The Bertz CT molecular complexity index is 768. The molecule has 0 radical (unpaired) electrons. The molecule has 3 rings (SSSR count). The van der Waals surface area contributed by atoms with Crippen molar-refractivity contribution in [2.45, 2.75) is 6.61 Å². The molecule has 22 heavy (non-hydrogen) atoms. The number of H-pyrrole nitrogens is 1. The molecule has 0 unspecified atom stereocenters. The minimum atomic E-state index is 0.371. The van der Waals surface area contributed by atoms with Gasteiger partial charge in [-0.05, 0) is 30.3 Å². The highest BCUT2D eigenvalue weighted by Crippen LogP contribution is 2.28. The first-order chi connectivity index (χ1) is 10.8. The number of nitrogens with zero attached hydrogens (tertiary/aromatic N) is 1. The van der Waals surface area contributed by atoms with E-state index in [1.165, 1.54) is 0 Å². The Hall–Kier alpha value is -2.95. The van der Waals surface area contributed by atoms with E-state index in [-0.39, 0.29) is 0 Å². The van der Waals surface area contributed by atoms with E-state index in [9.17, 15) is 0 Å². The zero-order valence-electron chi connectivity index (χ0n) is 12.2. The van der Waals surface area contributed by atoms with E-state index in [1.54, 1.807) is 7.11 Å². The molecule has 0 aliphatic heterocycles. The average molecular weight is 295 g/mol. The number of aromatic nitrogens is 2. The SMILES string of the molecule is COc1ccccc1-c1cc(COc2ccccc2N)[nH]n1. The van der Waals surface area contributed by atoms with Crippen molar-refractivity contribution < 1.29 is 9.47 Å². The fourth-order valence-electron chi connectivity index (χ4n) is 2.20. The maximum atomic E-state index is 5.85. The topological polar surface area (TPSA) is 73.2 Å². The van der Waals surface area contributed by atoms with E-state index in [0.717, 1.165) is 22.7 Å². The zero-order chi connectivity index (χ0) is 15.4. The lowest BCUT2D eigenvalue weighted by Gasteiger charge is -2.06. The molecule has 0 saturated carbocycles. The van der Waals surface area contributed by atoms with Gasteiger partial charge in [0.15, 0.2) is 0 Å². The van der Waals surface area contributed by atoms with Crippen LogP contribution < -0.4 is 15.2 Å². The Morgan fingerprint density at radius 3 is 2.55 bits per heavy atom. The van der Waals surface area contributed by atoms with Crippen LogP contribution in [0.2, 0.25) is 0 Å². The molecule has 1 heterocycles. The lowest BCUT2D eigenvalue weighted by atomic mass is 10.1. The molecule has 5 nitrogen and oxygen atoms in total. The van der Waals surface area contributed by atoms with Crippen LogP contribution in [0.5, 0.6) is 11.5 Å². The molecule has 0 aliphatic carbocycles. The molecular formula is C17H17N3O2. The monoisotopic (exact) mass is 295 g/mol. The second kappa shape index (κ2) is 6.22. The Labute approximate surface area is 128 Å². The molecule has 0 aliphatic rings. The van der Waals surface area contributed by atoms with Crippen LogP contribution in [0, 0.1) is 0 Å². The van der Waals surface area contributed by atoms with Gasteiger partial charge >= 0.3 is 0 Å². The number of nitrogen functional groups attached to an aromatic ring is 1. The van der Waals surface area contributed by atoms with Crippen LogP contribution in [0.4, 0.5) is 5.69 Å². The molecule has 0 spiro atoms. The number of methoxy groups -OCH3 is 1. The van der Waals surface area contributed by atoms with Gasteiger partial charge in [0.1, 0.15) is 18.1 Å². The summed E-state index contributed by atoms with van der Waals surface area (Å²) in [6, 6.07) is 17.1. The first kappa shape index (κ1) is 14.0. The summed E-state index contributed by atoms with van der Waals surface area (Å²) >= 11 is 0. The van der Waals surface area contributed by atoms with Crippen molar-refractivity contribution in [1.82, 2.24) is 10.2 Å². The summed E-state index contributed by atoms with van der Waals surface area (Å²) in [5, 5.41) is 7.29. The van der Waals surface area contributed by atoms with Gasteiger partial charge in [0.25, 0.3) is 0 Å². The van der Waals surface area contributed by atoms with Gasteiger partial charge < -0.3 is 15.2 Å². The highest BCUT2D eigenvalue weighted by atomic mass is 16.5. The molecule has 0 saturated heterocycles. The highest BCUT2D eigenvalue weighted by molar-refractivity contribution is 5.67. The van der Waals surface area contributed by atoms with E-state index in [2.05, 4.69) is 10.2 Å². The van der Waals surface area contributed by atoms with Crippen molar-refractivity contribution in [2.24, 2.45) is 0 Å². The Kier molecular flexibility index (Phi) is 3.96. The van der Waals surface area contributed by atoms with Crippen molar-refractivity contribution in [3.05, 3.63) is 60.3 Å². The van der Waals surface area contributed by atoms with Crippen molar-refractivity contribution in [3.63, 3.8) is 0 Å². The minimum Gasteiger partial charge on any atom is -0.496 e.